The summed E-state index contributed by atoms with van der Waals surface area (Å²) >= 11 is 3.18. The van der Waals surface area contributed by atoms with E-state index in [1.54, 1.807) is 0 Å². The summed E-state index contributed by atoms with van der Waals surface area (Å²) in [6, 6.07) is 3.28. The van der Waals surface area contributed by atoms with Crippen molar-refractivity contribution in [1.82, 2.24) is 5.32 Å². The van der Waals surface area contributed by atoms with Gasteiger partial charge in [0, 0.05) is 10.5 Å². The van der Waals surface area contributed by atoms with E-state index in [4.69, 9.17) is 4.74 Å². The van der Waals surface area contributed by atoms with Crippen LogP contribution in [0, 0.1) is 11.6 Å². The average molecular weight is 346 g/mol. The molecule has 5 heteroatoms. The second-order valence-corrected chi connectivity index (χ2v) is 6.73. The molecule has 3 rings (SSSR count). The first-order chi connectivity index (χ1) is 9.58. The van der Waals surface area contributed by atoms with Crippen LogP contribution in [-0.4, -0.2) is 18.2 Å². The molecule has 0 unspecified atom stereocenters. The minimum atomic E-state index is -0.894. The second-order valence-electron chi connectivity index (χ2n) is 5.82. The molecule has 110 valence electrons. The van der Waals surface area contributed by atoms with E-state index in [2.05, 4.69) is 21.2 Å². The van der Waals surface area contributed by atoms with Gasteiger partial charge in [-0.1, -0.05) is 15.9 Å². The lowest BCUT2D eigenvalue weighted by molar-refractivity contribution is -0.0177. The summed E-state index contributed by atoms with van der Waals surface area (Å²) in [4.78, 5) is 0. The van der Waals surface area contributed by atoms with E-state index < -0.39 is 11.6 Å². The fourth-order valence-electron chi connectivity index (χ4n) is 2.61. The Morgan fingerprint density at radius 3 is 2.65 bits per heavy atom. The normalized spacial score (nSPS) is 20.6. The lowest BCUT2D eigenvalue weighted by Crippen LogP contribution is -2.45. The number of nitrogens with one attached hydrogen (secondary N) is 1. The van der Waals surface area contributed by atoms with Crippen molar-refractivity contribution in [2.45, 2.75) is 50.2 Å². The molecule has 0 heterocycles. The highest BCUT2D eigenvalue weighted by Crippen LogP contribution is 2.41. The molecule has 2 saturated carbocycles. The van der Waals surface area contributed by atoms with Gasteiger partial charge in [-0.2, -0.15) is 4.39 Å². The maximum atomic E-state index is 13.8. The Morgan fingerprint density at radius 2 is 2.05 bits per heavy atom. The standard InChI is InChI=1S/C15H18BrF2NO/c16-10-8-12(17)14(18)13(9-10)20-15(4-1-5-15)6-7-19-11-2-3-11/h8-9,11,19H,1-7H2. The van der Waals surface area contributed by atoms with Gasteiger partial charge in [-0.15, -0.1) is 0 Å². The van der Waals surface area contributed by atoms with E-state index >= 15 is 0 Å². The minimum Gasteiger partial charge on any atom is -0.484 e. The Bertz CT molecular complexity index is 501. The van der Waals surface area contributed by atoms with Gasteiger partial charge in [0.05, 0.1) is 0 Å². The summed E-state index contributed by atoms with van der Waals surface area (Å²) in [5.41, 5.74) is -0.323. The zero-order valence-electron chi connectivity index (χ0n) is 11.2. The Kier molecular flexibility index (Phi) is 4.00. The summed E-state index contributed by atoms with van der Waals surface area (Å²) in [6.45, 7) is 0.878. The molecular formula is C15H18BrF2NO. The average Bonchev–Trinajstić information content (AvgIpc) is 3.16. The number of benzene rings is 1. The smallest absolute Gasteiger partial charge is 0.200 e. The number of hydrogen-bond donors (Lipinski definition) is 1. The molecule has 2 nitrogen and oxygen atoms in total. The van der Waals surface area contributed by atoms with Crippen LogP contribution in [0.5, 0.6) is 5.75 Å². The molecule has 1 aromatic rings. The topological polar surface area (TPSA) is 21.3 Å². The third-order valence-corrected chi connectivity index (χ3v) is 4.60. The van der Waals surface area contributed by atoms with Gasteiger partial charge < -0.3 is 10.1 Å². The van der Waals surface area contributed by atoms with Crippen LogP contribution in [0.25, 0.3) is 0 Å². The first-order valence-electron chi connectivity index (χ1n) is 7.15. The highest BCUT2D eigenvalue weighted by atomic mass is 79.9. The molecule has 2 aliphatic rings. The summed E-state index contributed by atoms with van der Waals surface area (Å²) < 4.78 is 33.5. The van der Waals surface area contributed by atoms with Gasteiger partial charge in [0.25, 0.3) is 0 Å². The maximum Gasteiger partial charge on any atom is 0.200 e. The molecule has 2 fully saturated rings. The van der Waals surface area contributed by atoms with Gasteiger partial charge in [-0.3, -0.25) is 0 Å². The largest absolute Gasteiger partial charge is 0.484 e. The first kappa shape index (κ1) is 14.3. The molecule has 0 spiro atoms. The fourth-order valence-corrected chi connectivity index (χ4v) is 3.01. The van der Waals surface area contributed by atoms with Gasteiger partial charge in [-0.25, -0.2) is 4.39 Å². The molecular weight excluding hydrogens is 328 g/mol. The van der Waals surface area contributed by atoms with Crippen molar-refractivity contribution in [3.63, 3.8) is 0 Å². The van der Waals surface area contributed by atoms with Crippen LogP contribution in [0.2, 0.25) is 0 Å². The molecule has 2 aliphatic carbocycles. The zero-order chi connectivity index (χ0) is 14.2. The van der Waals surface area contributed by atoms with E-state index in [0.29, 0.717) is 10.5 Å². The molecule has 1 N–H and O–H groups in total. The van der Waals surface area contributed by atoms with E-state index in [9.17, 15) is 8.78 Å². The number of hydrogen-bond acceptors (Lipinski definition) is 2. The van der Waals surface area contributed by atoms with Crippen molar-refractivity contribution in [2.75, 3.05) is 6.54 Å². The van der Waals surface area contributed by atoms with Crippen LogP contribution in [-0.2, 0) is 0 Å². The van der Waals surface area contributed by atoms with Crippen LogP contribution in [0.15, 0.2) is 16.6 Å². The third-order valence-electron chi connectivity index (χ3n) is 4.14. The predicted molar refractivity (Wildman–Crippen MR) is 76.9 cm³/mol. The monoisotopic (exact) mass is 345 g/mol. The number of ether oxygens (including phenoxy) is 1. The summed E-state index contributed by atoms with van der Waals surface area (Å²) in [5, 5.41) is 3.45. The molecule has 0 atom stereocenters. The van der Waals surface area contributed by atoms with Crippen LogP contribution in [0.4, 0.5) is 8.78 Å². The third kappa shape index (κ3) is 3.14. The van der Waals surface area contributed by atoms with Crippen molar-refractivity contribution < 1.29 is 13.5 Å². The molecule has 1 aromatic carbocycles. The van der Waals surface area contributed by atoms with Gasteiger partial charge in [0.15, 0.2) is 11.6 Å². The maximum absolute atomic E-state index is 13.8. The van der Waals surface area contributed by atoms with Gasteiger partial charge in [0.1, 0.15) is 5.60 Å². The van der Waals surface area contributed by atoms with Crippen molar-refractivity contribution in [3.8, 4) is 5.75 Å². The Balaban J connectivity index is 1.67. The lowest BCUT2D eigenvalue weighted by atomic mass is 9.77. The van der Waals surface area contributed by atoms with Crippen molar-refractivity contribution in [1.29, 1.82) is 0 Å². The molecule has 0 aliphatic heterocycles. The van der Waals surface area contributed by atoms with E-state index in [1.807, 2.05) is 0 Å². The van der Waals surface area contributed by atoms with E-state index in [0.717, 1.165) is 38.3 Å². The lowest BCUT2D eigenvalue weighted by Gasteiger charge is -2.42. The van der Waals surface area contributed by atoms with Crippen LogP contribution in [0.1, 0.15) is 38.5 Å². The Labute approximate surface area is 126 Å². The predicted octanol–water partition coefficient (Wildman–Crippen LogP) is 4.17. The van der Waals surface area contributed by atoms with Crippen molar-refractivity contribution in [3.05, 3.63) is 28.2 Å². The second kappa shape index (κ2) is 5.60. The molecule has 0 aromatic heterocycles. The Hall–Kier alpha value is -0.680. The zero-order valence-corrected chi connectivity index (χ0v) is 12.8. The van der Waals surface area contributed by atoms with Gasteiger partial charge in [0.2, 0.25) is 5.82 Å². The SMILES string of the molecule is Fc1cc(Br)cc(OC2(CCNC3CC3)CCC2)c1F. The summed E-state index contributed by atoms with van der Waals surface area (Å²) in [6.07, 6.45) is 6.25. The Morgan fingerprint density at radius 1 is 1.30 bits per heavy atom. The van der Waals surface area contributed by atoms with Gasteiger partial charge in [-0.05, 0) is 57.2 Å². The minimum absolute atomic E-state index is 0.0167. The van der Waals surface area contributed by atoms with Crippen molar-refractivity contribution in [2.24, 2.45) is 0 Å². The highest BCUT2D eigenvalue weighted by molar-refractivity contribution is 9.10. The van der Waals surface area contributed by atoms with Crippen molar-refractivity contribution >= 4 is 15.9 Å². The first-order valence-corrected chi connectivity index (χ1v) is 7.94. The molecule has 0 radical (unpaired) electrons. The van der Waals surface area contributed by atoms with E-state index in [1.165, 1.54) is 18.9 Å². The van der Waals surface area contributed by atoms with Gasteiger partial charge >= 0.3 is 0 Å². The summed E-state index contributed by atoms with van der Waals surface area (Å²) in [5.74, 6) is -1.75. The number of halogens is 3. The summed E-state index contributed by atoms with van der Waals surface area (Å²) in [7, 11) is 0. The molecule has 0 amide bonds. The van der Waals surface area contributed by atoms with Crippen LogP contribution >= 0.6 is 15.9 Å². The van der Waals surface area contributed by atoms with Crippen LogP contribution in [0.3, 0.4) is 0 Å². The highest BCUT2D eigenvalue weighted by Gasteiger charge is 2.40. The molecule has 0 saturated heterocycles. The van der Waals surface area contributed by atoms with Crippen LogP contribution < -0.4 is 10.1 Å². The molecule has 20 heavy (non-hydrogen) atoms. The quantitative estimate of drug-likeness (QED) is 0.781. The number of rotatable bonds is 6. The molecule has 0 bridgehead atoms. The van der Waals surface area contributed by atoms with E-state index in [-0.39, 0.29) is 11.4 Å². The fraction of sp³-hybridized carbons (Fsp3) is 0.600.